The average Bonchev–Trinajstić information content (AvgIpc) is 2.94. The molecule has 112 valence electrons. The molecule has 0 bridgehead atoms. The van der Waals surface area contributed by atoms with Crippen molar-refractivity contribution in [2.75, 3.05) is 13.1 Å². The highest BCUT2D eigenvalue weighted by molar-refractivity contribution is 7.89. The second-order valence-corrected chi connectivity index (χ2v) is 7.49. The third kappa shape index (κ3) is 2.60. The molecule has 2 heterocycles. The van der Waals surface area contributed by atoms with Crippen LogP contribution in [0.3, 0.4) is 0 Å². The molecular formula is C13H19NO5S. The first-order valence-corrected chi connectivity index (χ1v) is 7.95. The lowest BCUT2D eigenvalue weighted by Crippen LogP contribution is -2.29. The van der Waals surface area contributed by atoms with Crippen molar-refractivity contribution in [2.45, 2.75) is 25.9 Å². The van der Waals surface area contributed by atoms with Crippen molar-refractivity contribution in [1.29, 1.82) is 0 Å². The van der Waals surface area contributed by atoms with Gasteiger partial charge in [0.15, 0.2) is 0 Å². The van der Waals surface area contributed by atoms with E-state index in [9.17, 15) is 18.3 Å². The van der Waals surface area contributed by atoms with Crippen LogP contribution in [0.15, 0.2) is 21.8 Å². The molecule has 1 aromatic heterocycles. The molecule has 7 heteroatoms. The van der Waals surface area contributed by atoms with E-state index >= 15 is 0 Å². The Hall–Kier alpha value is -1.34. The van der Waals surface area contributed by atoms with Crippen LogP contribution >= 0.6 is 0 Å². The lowest BCUT2D eigenvalue weighted by atomic mass is 9.86. The Bertz CT molecular complexity index is 604. The summed E-state index contributed by atoms with van der Waals surface area (Å²) in [6, 6.07) is 1.45. The summed E-state index contributed by atoms with van der Waals surface area (Å²) in [6.07, 6.45) is 1.37. The van der Waals surface area contributed by atoms with E-state index in [0.29, 0.717) is 0 Å². The standard InChI is InChI=1S/C13H19NO5S/c1-8(2)10-5-14(6-11(10)13(15)16)20(17,18)12-4-9(3)7-19-12/h4,7-8,10-11H,5-6H2,1-3H3,(H,15,16)/t10-,11+/m0/s1. The molecule has 6 nitrogen and oxygen atoms in total. The van der Waals surface area contributed by atoms with Gasteiger partial charge < -0.3 is 9.52 Å². The predicted molar refractivity (Wildman–Crippen MR) is 71.7 cm³/mol. The summed E-state index contributed by atoms with van der Waals surface area (Å²) < 4.78 is 31.1. The fourth-order valence-electron chi connectivity index (χ4n) is 2.59. The molecule has 2 rings (SSSR count). The molecule has 0 unspecified atom stereocenters. The van der Waals surface area contributed by atoms with Gasteiger partial charge in [0.2, 0.25) is 5.09 Å². The van der Waals surface area contributed by atoms with Crippen LogP contribution in [0, 0.1) is 24.7 Å². The number of aliphatic carboxylic acids is 1. The highest BCUT2D eigenvalue weighted by Crippen LogP contribution is 2.33. The fourth-order valence-corrected chi connectivity index (χ4v) is 4.08. The molecular weight excluding hydrogens is 282 g/mol. The highest BCUT2D eigenvalue weighted by Gasteiger charge is 2.44. The second kappa shape index (κ2) is 5.21. The first-order valence-electron chi connectivity index (χ1n) is 6.51. The first kappa shape index (κ1) is 15.1. The monoisotopic (exact) mass is 301 g/mol. The van der Waals surface area contributed by atoms with Crippen LogP contribution < -0.4 is 0 Å². The molecule has 1 fully saturated rings. The smallest absolute Gasteiger partial charge is 0.308 e. The van der Waals surface area contributed by atoms with Crippen molar-refractivity contribution in [3.8, 4) is 0 Å². The summed E-state index contributed by atoms with van der Waals surface area (Å²) in [6.45, 7) is 5.78. The minimum absolute atomic E-state index is 0.000259. The zero-order valence-electron chi connectivity index (χ0n) is 11.7. The number of carboxylic acid groups (broad SMARTS) is 1. The van der Waals surface area contributed by atoms with E-state index in [1.807, 2.05) is 13.8 Å². The van der Waals surface area contributed by atoms with E-state index in [1.54, 1.807) is 6.92 Å². The highest BCUT2D eigenvalue weighted by atomic mass is 32.2. The quantitative estimate of drug-likeness (QED) is 0.912. The molecule has 2 atom stereocenters. The van der Waals surface area contributed by atoms with Gasteiger partial charge in [0.25, 0.3) is 10.0 Å². The summed E-state index contributed by atoms with van der Waals surface area (Å²) in [5.41, 5.74) is 0.720. The van der Waals surface area contributed by atoms with Crippen LogP contribution in [-0.2, 0) is 14.8 Å². The van der Waals surface area contributed by atoms with E-state index in [4.69, 9.17) is 4.42 Å². The average molecular weight is 301 g/mol. The van der Waals surface area contributed by atoms with Gasteiger partial charge in [0, 0.05) is 19.2 Å². The van der Waals surface area contributed by atoms with Crippen LogP contribution in [0.2, 0.25) is 0 Å². The largest absolute Gasteiger partial charge is 0.481 e. The second-order valence-electron chi connectivity index (χ2n) is 5.62. The van der Waals surface area contributed by atoms with Crippen molar-refractivity contribution < 1.29 is 22.7 Å². The number of aryl methyl sites for hydroxylation is 1. The molecule has 0 aromatic carbocycles. The van der Waals surface area contributed by atoms with E-state index in [0.717, 1.165) is 5.56 Å². The molecule has 1 aromatic rings. The van der Waals surface area contributed by atoms with Gasteiger partial charge in [-0.25, -0.2) is 8.42 Å². The molecule has 1 aliphatic heterocycles. The Morgan fingerprint density at radius 2 is 2.10 bits per heavy atom. The Kier molecular flexibility index (Phi) is 3.93. The fraction of sp³-hybridized carbons (Fsp3) is 0.615. The van der Waals surface area contributed by atoms with Crippen molar-refractivity contribution in [1.82, 2.24) is 4.31 Å². The zero-order valence-corrected chi connectivity index (χ0v) is 12.6. The SMILES string of the molecule is Cc1coc(S(=O)(=O)N2C[C@@H](C(=O)O)[C@H](C(C)C)C2)c1. The number of rotatable bonds is 4. The maximum absolute atomic E-state index is 12.4. The topological polar surface area (TPSA) is 87.8 Å². The minimum atomic E-state index is -3.75. The molecule has 0 aliphatic carbocycles. The molecule has 1 aliphatic rings. The minimum Gasteiger partial charge on any atom is -0.481 e. The first-order chi connectivity index (χ1) is 9.23. The number of hydrogen-bond acceptors (Lipinski definition) is 4. The van der Waals surface area contributed by atoms with Gasteiger partial charge in [-0.05, 0) is 24.3 Å². The van der Waals surface area contributed by atoms with Crippen molar-refractivity contribution in [3.05, 3.63) is 17.9 Å². The van der Waals surface area contributed by atoms with Crippen molar-refractivity contribution in [3.63, 3.8) is 0 Å². The number of nitrogens with zero attached hydrogens (tertiary/aromatic N) is 1. The number of hydrogen-bond donors (Lipinski definition) is 1. The summed E-state index contributed by atoms with van der Waals surface area (Å²) in [7, 11) is -3.75. The lowest BCUT2D eigenvalue weighted by molar-refractivity contribution is -0.142. The Morgan fingerprint density at radius 1 is 1.45 bits per heavy atom. The van der Waals surface area contributed by atoms with Crippen LogP contribution in [0.1, 0.15) is 19.4 Å². The van der Waals surface area contributed by atoms with Crippen molar-refractivity contribution >= 4 is 16.0 Å². The van der Waals surface area contributed by atoms with Gasteiger partial charge in [-0.3, -0.25) is 4.79 Å². The van der Waals surface area contributed by atoms with E-state index in [-0.39, 0.29) is 30.0 Å². The molecule has 20 heavy (non-hydrogen) atoms. The number of carbonyl (C=O) groups is 1. The van der Waals surface area contributed by atoms with Gasteiger partial charge in [0.05, 0.1) is 12.2 Å². The zero-order chi connectivity index (χ0) is 15.1. The molecule has 0 amide bonds. The lowest BCUT2D eigenvalue weighted by Gasteiger charge is -2.18. The van der Waals surface area contributed by atoms with Gasteiger partial charge in [-0.1, -0.05) is 13.8 Å². The van der Waals surface area contributed by atoms with Gasteiger partial charge in [-0.15, -0.1) is 0 Å². The molecule has 1 saturated heterocycles. The predicted octanol–water partition coefficient (Wildman–Crippen LogP) is 1.57. The normalized spacial score (nSPS) is 24.4. The van der Waals surface area contributed by atoms with Crippen LogP contribution in [0.4, 0.5) is 0 Å². The number of sulfonamides is 1. The maximum Gasteiger partial charge on any atom is 0.308 e. The van der Waals surface area contributed by atoms with E-state index in [2.05, 4.69) is 0 Å². The Balaban J connectivity index is 2.29. The third-order valence-electron chi connectivity index (χ3n) is 3.81. The molecule has 0 spiro atoms. The summed E-state index contributed by atoms with van der Waals surface area (Å²) in [4.78, 5) is 11.3. The number of carboxylic acids is 1. The maximum atomic E-state index is 12.4. The van der Waals surface area contributed by atoms with Crippen LogP contribution in [0.5, 0.6) is 0 Å². The summed E-state index contributed by atoms with van der Waals surface area (Å²) >= 11 is 0. The summed E-state index contributed by atoms with van der Waals surface area (Å²) in [5.74, 6) is -1.69. The Morgan fingerprint density at radius 3 is 2.50 bits per heavy atom. The third-order valence-corrected chi connectivity index (χ3v) is 5.51. The molecule has 0 radical (unpaired) electrons. The summed E-state index contributed by atoms with van der Waals surface area (Å²) in [5, 5.41) is 9.12. The molecule has 1 N–H and O–H groups in total. The van der Waals surface area contributed by atoms with Gasteiger partial charge >= 0.3 is 5.97 Å². The molecule has 0 saturated carbocycles. The van der Waals surface area contributed by atoms with Gasteiger partial charge in [0.1, 0.15) is 0 Å². The van der Waals surface area contributed by atoms with Crippen LogP contribution in [0.25, 0.3) is 0 Å². The van der Waals surface area contributed by atoms with E-state index in [1.165, 1.54) is 16.6 Å². The van der Waals surface area contributed by atoms with Gasteiger partial charge in [-0.2, -0.15) is 4.31 Å². The van der Waals surface area contributed by atoms with E-state index < -0.39 is 21.9 Å². The van der Waals surface area contributed by atoms with Crippen molar-refractivity contribution in [2.24, 2.45) is 17.8 Å². The Labute approximate surface area is 118 Å². The van der Waals surface area contributed by atoms with Crippen LogP contribution in [-0.4, -0.2) is 36.9 Å². The number of furan rings is 1.